The summed E-state index contributed by atoms with van der Waals surface area (Å²) in [7, 11) is 0. The second-order valence-electron chi connectivity index (χ2n) is 7.04. The molecule has 1 heterocycles. The van der Waals surface area contributed by atoms with E-state index >= 15 is 0 Å². The molecule has 1 atom stereocenters. The van der Waals surface area contributed by atoms with Crippen LogP contribution in [-0.4, -0.2) is 44.2 Å². The summed E-state index contributed by atoms with van der Waals surface area (Å²) in [5.74, 6) is 0.773. The fourth-order valence-electron chi connectivity index (χ4n) is 3.54. The molecule has 1 aromatic rings. The zero-order valence-electron chi connectivity index (χ0n) is 16.3. The van der Waals surface area contributed by atoms with E-state index in [9.17, 15) is 0 Å². The fraction of sp³-hybridized carbons (Fsp3) is 0.700. The second-order valence-corrected chi connectivity index (χ2v) is 7.04. The predicted molar refractivity (Wildman–Crippen MR) is 116 cm³/mol. The highest BCUT2D eigenvalue weighted by molar-refractivity contribution is 5.85. The third-order valence-corrected chi connectivity index (χ3v) is 5.02. The molecule has 0 unspecified atom stereocenters. The lowest BCUT2D eigenvalue weighted by atomic mass is 9.95. The Bertz CT molecular complexity index is 441. The van der Waals surface area contributed by atoms with Crippen LogP contribution in [-0.2, 0) is 0 Å². The first kappa shape index (κ1) is 24.5. The Morgan fingerprint density at radius 2 is 1.52 bits per heavy atom. The van der Waals surface area contributed by atoms with Crippen LogP contribution in [0, 0.1) is 5.92 Å². The summed E-state index contributed by atoms with van der Waals surface area (Å²) in [6, 6.07) is 9.92. The summed E-state index contributed by atoms with van der Waals surface area (Å²) in [6.07, 6.45) is 2.56. The molecule has 2 rings (SSSR count). The summed E-state index contributed by atoms with van der Waals surface area (Å²) in [5, 5.41) is 3.48. The number of nitrogens with zero attached hydrogens (tertiary/aromatic N) is 2. The quantitative estimate of drug-likeness (QED) is 0.691. The van der Waals surface area contributed by atoms with E-state index in [0.29, 0.717) is 6.04 Å². The van der Waals surface area contributed by atoms with Crippen molar-refractivity contribution in [1.29, 1.82) is 0 Å². The maximum atomic E-state index is 3.48. The van der Waals surface area contributed by atoms with Crippen molar-refractivity contribution in [3.8, 4) is 0 Å². The molecule has 146 valence electrons. The van der Waals surface area contributed by atoms with Gasteiger partial charge in [-0.3, -0.25) is 4.90 Å². The van der Waals surface area contributed by atoms with E-state index in [1.165, 1.54) is 37.2 Å². The molecule has 0 aromatic heterocycles. The number of hydrogen-bond donors (Lipinski definition) is 1. The zero-order chi connectivity index (χ0) is 16.7. The maximum absolute atomic E-state index is 3.48. The van der Waals surface area contributed by atoms with Gasteiger partial charge in [0, 0.05) is 51.0 Å². The Kier molecular flexibility index (Phi) is 12.6. The predicted octanol–water partition coefficient (Wildman–Crippen LogP) is 4.76. The molecule has 0 aliphatic carbocycles. The van der Waals surface area contributed by atoms with Gasteiger partial charge in [-0.15, -0.1) is 24.8 Å². The highest BCUT2D eigenvalue weighted by Crippen LogP contribution is 2.29. The van der Waals surface area contributed by atoms with Crippen molar-refractivity contribution in [2.45, 2.75) is 46.6 Å². The number of nitrogens with one attached hydrogen (secondary N) is 1. The van der Waals surface area contributed by atoms with Crippen LogP contribution in [0.3, 0.4) is 0 Å². The van der Waals surface area contributed by atoms with Gasteiger partial charge in [0.1, 0.15) is 0 Å². The molecule has 5 heteroatoms. The van der Waals surface area contributed by atoms with Crippen molar-refractivity contribution < 1.29 is 0 Å². The van der Waals surface area contributed by atoms with Gasteiger partial charge in [-0.25, -0.2) is 0 Å². The number of halogens is 2. The molecule has 0 spiro atoms. The van der Waals surface area contributed by atoms with Crippen LogP contribution in [0.1, 0.15) is 52.1 Å². The first-order chi connectivity index (χ1) is 11.2. The van der Waals surface area contributed by atoms with Crippen molar-refractivity contribution in [2.24, 2.45) is 5.92 Å². The molecule has 1 saturated heterocycles. The van der Waals surface area contributed by atoms with Gasteiger partial charge in [0.25, 0.3) is 0 Å². The van der Waals surface area contributed by atoms with E-state index in [1.54, 1.807) is 0 Å². The molecule has 1 fully saturated rings. The van der Waals surface area contributed by atoms with Crippen LogP contribution in [0.5, 0.6) is 0 Å². The van der Waals surface area contributed by atoms with Crippen molar-refractivity contribution in [2.75, 3.05) is 44.2 Å². The van der Waals surface area contributed by atoms with E-state index in [0.717, 1.165) is 32.1 Å². The average molecular weight is 390 g/mol. The molecule has 1 aliphatic heterocycles. The van der Waals surface area contributed by atoms with Crippen molar-refractivity contribution >= 4 is 30.5 Å². The van der Waals surface area contributed by atoms with Gasteiger partial charge in [-0.2, -0.15) is 0 Å². The van der Waals surface area contributed by atoms with Gasteiger partial charge in [0.15, 0.2) is 0 Å². The number of rotatable bonds is 8. The lowest BCUT2D eigenvalue weighted by Crippen LogP contribution is -2.45. The van der Waals surface area contributed by atoms with Crippen LogP contribution in [0.2, 0.25) is 0 Å². The normalized spacial score (nSPS) is 16.0. The minimum Gasteiger partial charge on any atom is -0.372 e. The largest absolute Gasteiger partial charge is 0.372 e. The van der Waals surface area contributed by atoms with Gasteiger partial charge in [0.2, 0.25) is 0 Å². The van der Waals surface area contributed by atoms with Crippen molar-refractivity contribution in [3.63, 3.8) is 0 Å². The molecule has 1 aliphatic rings. The minimum atomic E-state index is 0. The summed E-state index contributed by atoms with van der Waals surface area (Å²) in [4.78, 5) is 5.09. The standard InChI is InChI=1S/C20H35N3.2ClH/c1-5-22(6-2)19-10-8-18(9-11-19)20(12-7-17(3)4)23-15-13-21-14-16-23;;/h8-11,17,20-21H,5-7,12-16H2,1-4H3;2*1H/t20-;;/m1../s1. The Balaban J connectivity index is 0.00000288. The zero-order valence-corrected chi connectivity index (χ0v) is 18.0. The van der Waals surface area contributed by atoms with Gasteiger partial charge in [-0.1, -0.05) is 26.0 Å². The molecule has 25 heavy (non-hydrogen) atoms. The van der Waals surface area contributed by atoms with E-state index in [1.807, 2.05) is 0 Å². The topological polar surface area (TPSA) is 18.5 Å². The van der Waals surface area contributed by atoms with Gasteiger partial charge >= 0.3 is 0 Å². The summed E-state index contributed by atoms with van der Waals surface area (Å²) in [5.41, 5.74) is 2.84. The van der Waals surface area contributed by atoms with Gasteiger partial charge in [0.05, 0.1) is 0 Å². The van der Waals surface area contributed by atoms with Crippen molar-refractivity contribution in [1.82, 2.24) is 10.2 Å². The lowest BCUT2D eigenvalue weighted by Gasteiger charge is -2.36. The Morgan fingerprint density at radius 3 is 2.00 bits per heavy atom. The molecule has 0 saturated carbocycles. The molecule has 1 N–H and O–H groups in total. The second kappa shape index (κ2) is 12.8. The maximum Gasteiger partial charge on any atom is 0.0366 e. The minimum absolute atomic E-state index is 0. The smallest absolute Gasteiger partial charge is 0.0366 e. The van der Waals surface area contributed by atoms with Crippen LogP contribution >= 0.6 is 24.8 Å². The van der Waals surface area contributed by atoms with Crippen molar-refractivity contribution in [3.05, 3.63) is 29.8 Å². The first-order valence-corrected chi connectivity index (χ1v) is 9.45. The van der Waals surface area contributed by atoms with Crippen LogP contribution in [0.4, 0.5) is 5.69 Å². The van der Waals surface area contributed by atoms with Crippen LogP contribution < -0.4 is 10.2 Å². The molecule has 0 radical (unpaired) electrons. The van der Waals surface area contributed by atoms with Gasteiger partial charge in [-0.05, 0) is 50.3 Å². The van der Waals surface area contributed by atoms with E-state index in [2.05, 4.69) is 67.1 Å². The number of benzene rings is 1. The Morgan fingerprint density at radius 1 is 0.960 bits per heavy atom. The van der Waals surface area contributed by atoms with E-state index in [-0.39, 0.29) is 24.8 Å². The SMILES string of the molecule is CCN(CC)c1ccc([C@@H](CCC(C)C)N2CCNCC2)cc1.Cl.Cl. The Labute approximate surface area is 167 Å². The summed E-state index contributed by atoms with van der Waals surface area (Å²) >= 11 is 0. The van der Waals surface area contributed by atoms with E-state index < -0.39 is 0 Å². The number of anilines is 1. The molecule has 3 nitrogen and oxygen atoms in total. The van der Waals surface area contributed by atoms with Crippen LogP contribution in [0.25, 0.3) is 0 Å². The fourth-order valence-corrected chi connectivity index (χ4v) is 3.54. The summed E-state index contributed by atoms with van der Waals surface area (Å²) < 4.78 is 0. The molecule has 0 amide bonds. The van der Waals surface area contributed by atoms with E-state index in [4.69, 9.17) is 0 Å². The number of piperazine rings is 1. The van der Waals surface area contributed by atoms with Gasteiger partial charge < -0.3 is 10.2 Å². The summed E-state index contributed by atoms with van der Waals surface area (Å²) in [6.45, 7) is 15.8. The third kappa shape index (κ3) is 7.34. The molecule has 1 aromatic carbocycles. The average Bonchev–Trinajstić information content (AvgIpc) is 2.58. The molecular weight excluding hydrogens is 353 g/mol. The highest BCUT2D eigenvalue weighted by Gasteiger charge is 2.22. The Hall–Kier alpha value is -0.480. The van der Waals surface area contributed by atoms with Crippen LogP contribution in [0.15, 0.2) is 24.3 Å². The monoisotopic (exact) mass is 389 g/mol. The number of hydrogen-bond acceptors (Lipinski definition) is 3. The first-order valence-electron chi connectivity index (χ1n) is 9.45. The lowest BCUT2D eigenvalue weighted by molar-refractivity contribution is 0.160. The molecular formula is C20H37Cl2N3. The molecule has 0 bridgehead atoms. The highest BCUT2D eigenvalue weighted by atomic mass is 35.5. The third-order valence-electron chi connectivity index (χ3n) is 5.02.